The molecule has 0 aliphatic heterocycles. The fourth-order valence-corrected chi connectivity index (χ4v) is 2.48. The van der Waals surface area contributed by atoms with Crippen LogP contribution in [0.25, 0.3) is 0 Å². The molecule has 0 saturated carbocycles. The molecule has 1 aliphatic rings. The molecule has 0 bridgehead atoms. The Labute approximate surface area is 121 Å². The topological polar surface area (TPSA) is 38.7 Å². The van der Waals surface area contributed by atoms with Gasteiger partial charge in [-0.15, -0.1) is 0 Å². The van der Waals surface area contributed by atoms with Gasteiger partial charge in [-0.3, -0.25) is 0 Å². The summed E-state index contributed by atoms with van der Waals surface area (Å²) < 4.78 is 11.2. The standard InChI is InChI=1S/C17H26O3/c1-13(2)8-9-19-10-11-20-15-7-6-14-4-3-5-17(18)16(14)12-15/h6-7,12-13,17-18H,3-5,8-11H2,1-2H3/t17-/m1/s1. The van der Waals surface area contributed by atoms with Gasteiger partial charge in [-0.05, 0) is 54.9 Å². The van der Waals surface area contributed by atoms with E-state index in [2.05, 4.69) is 19.9 Å². The number of hydrogen-bond donors (Lipinski definition) is 1. The molecule has 3 heteroatoms. The van der Waals surface area contributed by atoms with Crippen LogP contribution in [0.2, 0.25) is 0 Å². The van der Waals surface area contributed by atoms with Crippen LogP contribution in [0.15, 0.2) is 18.2 Å². The summed E-state index contributed by atoms with van der Waals surface area (Å²) in [5, 5.41) is 10.00. The Kier molecular flexibility index (Phi) is 5.86. The number of fused-ring (bicyclic) bond motifs is 1. The number of hydrogen-bond acceptors (Lipinski definition) is 3. The van der Waals surface area contributed by atoms with Crippen LogP contribution in [0, 0.1) is 5.92 Å². The fraction of sp³-hybridized carbons (Fsp3) is 0.647. The zero-order valence-corrected chi connectivity index (χ0v) is 12.6. The van der Waals surface area contributed by atoms with Crippen molar-refractivity contribution in [2.75, 3.05) is 19.8 Å². The highest BCUT2D eigenvalue weighted by Crippen LogP contribution is 2.32. The second-order valence-corrected chi connectivity index (χ2v) is 5.91. The Bertz CT molecular complexity index is 415. The summed E-state index contributed by atoms with van der Waals surface area (Å²) in [7, 11) is 0. The van der Waals surface area contributed by atoms with E-state index in [1.807, 2.05) is 12.1 Å². The lowest BCUT2D eigenvalue weighted by Gasteiger charge is -2.22. The first-order valence-corrected chi connectivity index (χ1v) is 7.68. The molecular formula is C17H26O3. The van der Waals surface area contributed by atoms with Gasteiger partial charge in [0.1, 0.15) is 12.4 Å². The van der Waals surface area contributed by atoms with E-state index in [4.69, 9.17) is 9.47 Å². The van der Waals surface area contributed by atoms with Gasteiger partial charge in [0.2, 0.25) is 0 Å². The molecule has 0 heterocycles. The van der Waals surface area contributed by atoms with Crippen molar-refractivity contribution in [3.63, 3.8) is 0 Å². The number of rotatable bonds is 7. The molecule has 2 rings (SSSR count). The number of ether oxygens (including phenoxy) is 2. The Hall–Kier alpha value is -1.06. The summed E-state index contributed by atoms with van der Waals surface area (Å²) in [5.74, 6) is 1.51. The lowest BCUT2D eigenvalue weighted by molar-refractivity contribution is 0.0923. The molecule has 0 unspecified atom stereocenters. The van der Waals surface area contributed by atoms with Gasteiger partial charge in [-0.1, -0.05) is 19.9 Å². The summed E-state index contributed by atoms with van der Waals surface area (Å²) >= 11 is 0. The Morgan fingerprint density at radius 3 is 2.90 bits per heavy atom. The average molecular weight is 278 g/mol. The van der Waals surface area contributed by atoms with E-state index in [0.29, 0.717) is 19.1 Å². The number of benzene rings is 1. The zero-order valence-electron chi connectivity index (χ0n) is 12.6. The first-order chi connectivity index (χ1) is 9.66. The minimum atomic E-state index is -0.329. The maximum Gasteiger partial charge on any atom is 0.119 e. The molecule has 1 N–H and O–H groups in total. The summed E-state index contributed by atoms with van der Waals surface area (Å²) in [4.78, 5) is 0. The Morgan fingerprint density at radius 2 is 2.10 bits per heavy atom. The highest BCUT2D eigenvalue weighted by Gasteiger charge is 2.18. The highest BCUT2D eigenvalue weighted by molar-refractivity contribution is 5.38. The Morgan fingerprint density at radius 1 is 1.25 bits per heavy atom. The SMILES string of the molecule is CC(C)CCOCCOc1ccc2c(c1)[C@H](O)CCC2. The molecule has 0 radical (unpaired) electrons. The molecule has 0 saturated heterocycles. The smallest absolute Gasteiger partial charge is 0.119 e. The lowest BCUT2D eigenvalue weighted by Crippen LogP contribution is -2.11. The molecule has 20 heavy (non-hydrogen) atoms. The molecular weight excluding hydrogens is 252 g/mol. The predicted octanol–water partition coefficient (Wildman–Crippen LogP) is 3.50. The minimum Gasteiger partial charge on any atom is -0.491 e. The monoisotopic (exact) mass is 278 g/mol. The van der Waals surface area contributed by atoms with Gasteiger partial charge in [-0.2, -0.15) is 0 Å². The third-order valence-corrected chi connectivity index (χ3v) is 3.74. The van der Waals surface area contributed by atoms with E-state index in [0.717, 1.165) is 43.6 Å². The van der Waals surface area contributed by atoms with Crippen LogP contribution in [0.4, 0.5) is 0 Å². The van der Waals surface area contributed by atoms with Crippen molar-refractivity contribution >= 4 is 0 Å². The number of aliphatic hydroxyl groups excluding tert-OH is 1. The predicted molar refractivity (Wildman–Crippen MR) is 80.1 cm³/mol. The molecule has 0 amide bonds. The van der Waals surface area contributed by atoms with Crippen LogP contribution in [-0.2, 0) is 11.2 Å². The first kappa shape index (κ1) is 15.3. The third kappa shape index (κ3) is 4.50. The molecule has 1 aliphatic carbocycles. The third-order valence-electron chi connectivity index (χ3n) is 3.74. The minimum absolute atomic E-state index is 0.329. The second kappa shape index (κ2) is 7.65. The molecule has 112 valence electrons. The van der Waals surface area contributed by atoms with Crippen LogP contribution in [0.1, 0.15) is 50.3 Å². The quantitative estimate of drug-likeness (QED) is 0.776. The summed E-state index contributed by atoms with van der Waals surface area (Å²) in [5.41, 5.74) is 2.29. The van der Waals surface area contributed by atoms with Crippen molar-refractivity contribution < 1.29 is 14.6 Å². The van der Waals surface area contributed by atoms with E-state index in [9.17, 15) is 5.11 Å². The van der Waals surface area contributed by atoms with Crippen molar-refractivity contribution in [1.29, 1.82) is 0 Å². The van der Waals surface area contributed by atoms with Crippen molar-refractivity contribution in [2.45, 2.75) is 45.6 Å². The number of aliphatic hydroxyl groups is 1. The maximum absolute atomic E-state index is 10.00. The molecule has 1 atom stereocenters. The van der Waals surface area contributed by atoms with Gasteiger partial charge in [0.15, 0.2) is 0 Å². The van der Waals surface area contributed by atoms with Crippen LogP contribution in [0.3, 0.4) is 0 Å². The summed E-state index contributed by atoms with van der Waals surface area (Å²) in [6.07, 6.45) is 3.74. The average Bonchev–Trinajstić information content (AvgIpc) is 2.43. The largest absolute Gasteiger partial charge is 0.491 e. The molecule has 1 aromatic carbocycles. The van der Waals surface area contributed by atoms with Gasteiger partial charge in [0.05, 0.1) is 12.7 Å². The van der Waals surface area contributed by atoms with Gasteiger partial charge in [0.25, 0.3) is 0 Å². The fourth-order valence-electron chi connectivity index (χ4n) is 2.48. The van der Waals surface area contributed by atoms with Crippen LogP contribution in [-0.4, -0.2) is 24.9 Å². The highest BCUT2D eigenvalue weighted by atomic mass is 16.5. The molecule has 1 aromatic rings. The van der Waals surface area contributed by atoms with Crippen molar-refractivity contribution in [3.8, 4) is 5.75 Å². The van der Waals surface area contributed by atoms with Crippen molar-refractivity contribution in [3.05, 3.63) is 29.3 Å². The normalized spacial score (nSPS) is 18.1. The first-order valence-electron chi connectivity index (χ1n) is 7.68. The molecule has 3 nitrogen and oxygen atoms in total. The summed E-state index contributed by atoms with van der Waals surface area (Å²) in [6, 6.07) is 6.05. The van der Waals surface area contributed by atoms with E-state index in [-0.39, 0.29) is 6.10 Å². The molecule has 0 spiro atoms. The van der Waals surface area contributed by atoms with E-state index in [1.165, 1.54) is 5.56 Å². The van der Waals surface area contributed by atoms with Gasteiger partial charge in [0, 0.05) is 6.61 Å². The zero-order chi connectivity index (χ0) is 14.4. The summed E-state index contributed by atoms with van der Waals surface area (Å²) in [6.45, 7) is 6.36. The Balaban J connectivity index is 1.75. The van der Waals surface area contributed by atoms with Crippen molar-refractivity contribution in [1.82, 2.24) is 0 Å². The van der Waals surface area contributed by atoms with E-state index >= 15 is 0 Å². The van der Waals surface area contributed by atoms with Crippen molar-refractivity contribution in [2.24, 2.45) is 5.92 Å². The molecule has 0 aromatic heterocycles. The lowest BCUT2D eigenvalue weighted by atomic mass is 9.89. The molecule has 0 fully saturated rings. The van der Waals surface area contributed by atoms with E-state index in [1.54, 1.807) is 0 Å². The van der Waals surface area contributed by atoms with E-state index < -0.39 is 0 Å². The van der Waals surface area contributed by atoms with Gasteiger partial charge in [-0.25, -0.2) is 0 Å². The van der Waals surface area contributed by atoms with Gasteiger partial charge < -0.3 is 14.6 Å². The maximum atomic E-state index is 10.00. The number of aryl methyl sites for hydroxylation is 1. The van der Waals surface area contributed by atoms with Crippen LogP contribution >= 0.6 is 0 Å². The van der Waals surface area contributed by atoms with Crippen LogP contribution < -0.4 is 4.74 Å². The van der Waals surface area contributed by atoms with Crippen LogP contribution in [0.5, 0.6) is 5.75 Å². The second-order valence-electron chi connectivity index (χ2n) is 5.91. The van der Waals surface area contributed by atoms with Gasteiger partial charge >= 0.3 is 0 Å².